The molecule has 2 aliphatic heterocycles. The van der Waals surface area contributed by atoms with Crippen molar-refractivity contribution < 1.29 is 23.8 Å². The maximum absolute atomic E-state index is 14.9. The number of halogens is 4. The molecule has 2 fully saturated rings. The van der Waals surface area contributed by atoms with Crippen LogP contribution >= 0.6 is 50.7 Å². The summed E-state index contributed by atoms with van der Waals surface area (Å²) in [5.74, 6) is 1.41. The van der Waals surface area contributed by atoms with Crippen LogP contribution < -0.4 is 14.8 Å². The molecule has 3 aromatic rings. The lowest BCUT2D eigenvalue weighted by Crippen LogP contribution is -2.64. The first-order valence-electron chi connectivity index (χ1n) is 17.3. The van der Waals surface area contributed by atoms with Gasteiger partial charge in [-0.15, -0.1) is 0 Å². The molecular weight excluding hydrogens is 777 g/mol. The molecule has 0 spiro atoms. The van der Waals surface area contributed by atoms with Crippen molar-refractivity contribution in [1.82, 2.24) is 15.1 Å². The zero-order valence-corrected chi connectivity index (χ0v) is 32.8. The Hall–Kier alpha value is -2.95. The number of nitrogens with one attached hydrogen (secondary N) is 1. The van der Waals surface area contributed by atoms with Gasteiger partial charge in [0.2, 0.25) is 3.79 Å². The summed E-state index contributed by atoms with van der Waals surface area (Å²) < 4.78 is 16.8. The van der Waals surface area contributed by atoms with Gasteiger partial charge in [-0.1, -0.05) is 92.7 Å². The van der Waals surface area contributed by atoms with E-state index in [-0.39, 0.29) is 18.0 Å². The van der Waals surface area contributed by atoms with Crippen LogP contribution in [0.1, 0.15) is 49.8 Å². The van der Waals surface area contributed by atoms with Crippen molar-refractivity contribution in [3.63, 3.8) is 0 Å². The van der Waals surface area contributed by atoms with Crippen LogP contribution in [0.25, 0.3) is 5.57 Å². The lowest BCUT2D eigenvalue weighted by Gasteiger charge is -2.48. The molecule has 3 aliphatic rings. The number of nitrogens with zero attached hydrogens (tertiary/aromatic N) is 2. The van der Waals surface area contributed by atoms with Crippen molar-refractivity contribution in [1.29, 1.82) is 0 Å². The molecular formula is C39H43BrCl3N3O5. The van der Waals surface area contributed by atoms with Crippen LogP contribution in [0.15, 0.2) is 82.8 Å². The van der Waals surface area contributed by atoms with Gasteiger partial charge in [-0.25, -0.2) is 4.79 Å². The van der Waals surface area contributed by atoms with E-state index in [1.165, 1.54) is 11.1 Å². The molecule has 2 atom stereocenters. The number of hydrogen-bond donors (Lipinski definition) is 1. The first-order valence-corrected chi connectivity index (χ1v) is 19.2. The highest BCUT2D eigenvalue weighted by atomic mass is 79.9. The molecule has 1 saturated carbocycles. The zero-order valence-electron chi connectivity index (χ0n) is 29.0. The van der Waals surface area contributed by atoms with Crippen LogP contribution in [-0.4, -0.2) is 82.2 Å². The molecule has 2 amide bonds. The van der Waals surface area contributed by atoms with Gasteiger partial charge >= 0.3 is 6.09 Å². The van der Waals surface area contributed by atoms with E-state index in [0.717, 1.165) is 40.6 Å². The fourth-order valence-corrected chi connectivity index (χ4v) is 6.92. The minimum atomic E-state index is -1.85. The van der Waals surface area contributed by atoms with E-state index in [1.54, 1.807) is 18.7 Å². The van der Waals surface area contributed by atoms with Crippen LogP contribution in [-0.2, 0) is 16.0 Å². The molecule has 272 valence electrons. The van der Waals surface area contributed by atoms with Gasteiger partial charge in [-0.3, -0.25) is 9.69 Å². The van der Waals surface area contributed by atoms with Gasteiger partial charge in [0.05, 0.1) is 12.1 Å². The van der Waals surface area contributed by atoms with E-state index in [0.29, 0.717) is 50.6 Å². The number of alkyl halides is 3. The number of carbonyl (C=O) groups excluding carboxylic acids is 2. The van der Waals surface area contributed by atoms with Crippen molar-refractivity contribution in [3.8, 4) is 11.5 Å². The van der Waals surface area contributed by atoms with Gasteiger partial charge in [-0.2, -0.15) is 0 Å². The van der Waals surface area contributed by atoms with Crippen LogP contribution in [0, 0.1) is 6.92 Å². The average molecular weight is 820 g/mol. The molecule has 12 heteroatoms. The number of benzene rings is 3. The van der Waals surface area contributed by atoms with Gasteiger partial charge in [0.1, 0.15) is 24.7 Å². The van der Waals surface area contributed by atoms with Crippen LogP contribution in [0.3, 0.4) is 0 Å². The quantitative estimate of drug-likeness (QED) is 0.146. The molecule has 2 heterocycles. The number of aryl methyl sites for hydroxylation is 1. The maximum atomic E-state index is 14.9. The standard InChI is InChI=1S/C39H43BrCl3N3O5/c1-25-4-6-26(7-5-25)18-19-45(29-12-13-29)36(47)35-33(22-30-23-44-24-34(35)46(30)37(48)51-38(2,3)39(41,42)43)27-8-14-31(15-9-27)49-20-21-50-32-16-10-28(40)11-17-32/h4-11,14-17,29-30,34,44H,12-13,18-24H2,1-3H3. The largest absolute Gasteiger partial charge is 0.490 e. The molecule has 3 aromatic carbocycles. The van der Waals surface area contributed by atoms with Crippen LogP contribution in [0.4, 0.5) is 4.79 Å². The number of amides is 2. The first kappa shape index (κ1) is 37.8. The zero-order chi connectivity index (χ0) is 36.3. The van der Waals surface area contributed by atoms with E-state index in [2.05, 4.69) is 52.4 Å². The topological polar surface area (TPSA) is 80.3 Å². The summed E-state index contributed by atoms with van der Waals surface area (Å²) in [4.78, 5) is 32.5. The van der Waals surface area contributed by atoms with Gasteiger partial charge in [-0.05, 0) is 99.6 Å². The molecule has 1 saturated heterocycles. The molecule has 2 bridgehead atoms. The van der Waals surface area contributed by atoms with Gasteiger partial charge < -0.3 is 24.4 Å². The number of ether oxygens (including phenoxy) is 3. The highest BCUT2D eigenvalue weighted by Crippen LogP contribution is 2.43. The van der Waals surface area contributed by atoms with Crippen molar-refractivity contribution in [3.05, 3.63) is 99.5 Å². The molecule has 0 radical (unpaired) electrons. The summed E-state index contributed by atoms with van der Waals surface area (Å²) in [6, 6.07) is 23.2. The van der Waals surface area contributed by atoms with E-state index in [4.69, 9.17) is 49.0 Å². The third-order valence-electron chi connectivity index (χ3n) is 9.66. The van der Waals surface area contributed by atoms with Gasteiger partial charge in [0.15, 0.2) is 5.60 Å². The summed E-state index contributed by atoms with van der Waals surface area (Å²) in [7, 11) is 0. The predicted octanol–water partition coefficient (Wildman–Crippen LogP) is 8.53. The van der Waals surface area contributed by atoms with Crippen molar-refractivity contribution >= 4 is 68.3 Å². The Kier molecular flexibility index (Phi) is 11.8. The second-order valence-corrected chi connectivity index (χ2v) is 17.0. The highest BCUT2D eigenvalue weighted by Gasteiger charge is 2.50. The summed E-state index contributed by atoms with van der Waals surface area (Å²) in [5.41, 5.74) is 3.39. The Labute approximate surface area is 323 Å². The summed E-state index contributed by atoms with van der Waals surface area (Å²) in [5, 5.41) is 3.45. The van der Waals surface area contributed by atoms with Crippen molar-refractivity contribution in [2.75, 3.05) is 32.8 Å². The number of fused-ring (bicyclic) bond motifs is 2. The average Bonchev–Trinajstić information content (AvgIpc) is 3.93. The smallest absolute Gasteiger partial charge is 0.411 e. The summed E-state index contributed by atoms with van der Waals surface area (Å²) >= 11 is 22.1. The Morgan fingerprint density at radius 3 is 2.10 bits per heavy atom. The Balaban J connectivity index is 1.27. The first-order chi connectivity index (χ1) is 24.3. The van der Waals surface area contributed by atoms with E-state index in [9.17, 15) is 9.59 Å². The lowest BCUT2D eigenvalue weighted by atomic mass is 9.82. The molecule has 8 nitrogen and oxygen atoms in total. The molecule has 51 heavy (non-hydrogen) atoms. The van der Waals surface area contributed by atoms with Gasteiger partial charge in [0.25, 0.3) is 5.91 Å². The van der Waals surface area contributed by atoms with Crippen LogP contribution in [0.5, 0.6) is 11.5 Å². The third kappa shape index (κ3) is 9.17. The molecule has 1 aliphatic carbocycles. The summed E-state index contributed by atoms with van der Waals surface area (Å²) in [6.45, 7) is 7.47. The second-order valence-electron chi connectivity index (χ2n) is 13.8. The predicted molar refractivity (Wildman–Crippen MR) is 206 cm³/mol. The fourth-order valence-electron chi connectivity index (χ4n) is 6.54. The van der Waals surface area contributed by atoms with E-state index < -0.39 is 21.5 Å². The third-order valence-corrected chi connectivity index (χ3v) is 11.6. The monoisotopic (exact) mass is 817 g/mol. The molecule has 2 unspecified atom stereocenters. The molecule has 1 N–H and O–H groups in total. The highest BCUT2D eigenvalue weighted by molar-refractivity contribution is 9.10. The Bertz CT molecular complexity index is 1720. The van der Waals surface area contributed by atoms with Crippen molar-refractivity contribution in [2.24, 2.45) is 0 Å². The minimum absolute atomic E-state index is 0.0596. The minimum Gasteiger partial charge on any atom is -0.490 e. The maximum Gasteiger partial charge on any atom is 0.411 e. The van der Waals surface area contributed by atoms with Crippen molar-refractivity contribution in [2.45, 2.75) is 74.0 Å². The van der Waals surface area contributed by atoms with E-state index >= 15 is 0 Å². The molecule has 6 rings (SSSR count). The Morgan fingerprint density at radius 2 is 1.51 bits per heavy atom. The number of hydrogen-bond acceptors (Lipinski definition) is 6. The molecule has 0 aromatic heterocycles. The second kappa shape index (κ2) is 16.0. The SMILES string of the molecule is Cc1ccc(CCN(C(=O)C2=C(c3ccc(OCCOc4ccc(Br)cc4)cc3)CC3CNCC2N3C(=O)OC(C)(C)C(Cl)(Cl)Cl)C2CC2)cc1. The van der Waals surface area contributed by atoms with Crippen LogP contribution in [0.2, 0.25) is 0 Å². The number of carbonyl (C=O) groups is 2. The number of rotatable bonds is 12. The Morgan fingerprint density at radius 1 is 0.902 bits per heavy atom. The van der Waals surface area contributed by atoms with E-state index in [1.807, 2.05) is 53.4 Å². The normalized spacial score (nSPS) is 19.1. The fraction of sp³-hybridized carbons (Fsp3) is 0.436. The van der Waals surface area contributed by atoms with Gasteiger partial charge in [0, 0.05) is 35.7 Å². The summed E-state index contributed by atoms with van der Waals surface area (Å²) in [6.07, 6.45) is 2.48. The lowest BCUT2D eigenvalue weighted by molar-refractivity contribution is -0.128. The number of piperazine rings is 1.